The van der Waals surface area contributed by atoms with Gasteiger partial charge in [-0.1, -0.05) is 11.6 Å². The minimum Gasteiger partial charge on any atom is -0.494 e. The summed E-state index contributed by atoms with van der Waals surface area (Å²) in [6, 6.07) is 6.79. The Morgan fingerprint density at radius 3 is 2.60 bits per heavy atom. The summed E-state index contributed by atoms with van der Waals surface area (Å²) in [5, 5.41) is 13.3. The Labute approximate surface area is 151 Å². The SMILES string of the molecule is COc1cc([N+](=O)[O-])ccc1NC(=O)[C@@H](C)OC(=O)c1ccc(Cl)s1. The number of hydrogen-bond acceptors (Lipinski definition) is 7. The average molecular weight is 385 g/mol. The quantitative estimate of drug-likeness (QED) is 0.464. The van der Waals surface area contributed by atoms with E-state index in [4.69, 9.17) is 21.1 Å². The predicted octanol–water partition coefficient (Wildman–Crippen LogP) is 3.50. The number of esters is 1. The van der Waals surface area contributed by atoms with E-state index in [-0.39, 0.29) is 22.0 Å². The van der Waals surface area contributed by atoms with Crippen molar-refractivity contribution in [2.24, 2.45) is 0 Å². The minimum atomic E-state index is -1.09. The number of rotatable bonds is 6. The van der Waals surface area contributed by atoms with E-state index >= 15 is 0 Å². The number of halogens is 1. The van der Waals surface area contributed by atoms with Gasteiger partial charge in [-0.05, 0) is 25.1 Å². The zero-order valence-electron chi connectivity index (χ0n) is 13.1. The molecule has 0 fully saturated rings. The van der Waals surface area contributed by atoms with Crippen LogP contribution in [0.15, 0.2) is 30.3 Å². The van der Waals surface area contributed by atoms with Crippen molar-refractivity contribution in [2.75, 3.05) is 12.4 Å². The first-order valence-corrected chi connectivity index (χ1v) is 8.11. The van der Waals surface area contributed by atoms with Gasteiger partial charge in [-0.3, -0.25) is 14.9 Å². The van der Waals surface area contributed by atoms with Crippen LogP contribution in [0.2, 0.25) is 4.34 Å². The molecule has 1 N–H and O–H groups in total. The molecule has 8 nitrogen and oxygen atoms in total. The summed E-state index contributed by atoms with van der Waals surface area (Å²) in [7, 11) is 1.32. The van der Waals surface area contributed by atoms with E-state index in [1.165, 1.54) is 38.3 Å². The number of methoxy groups -OCH3 is 1. The molecule has 1 atom stereocenters. The third kappa shape index (κ3) is 4.68. The van der Waals surface area contributed by atoms with Crippen LogP contribution in [-0.2, 0) is 9.53 Å². The van der Waals surface area contributed by atoms with Crippen LogP contribution in [0.4, 0.5) is 11.4 Å². The number of nitrogens with one attached hydrogen (secondary N) is 1. The van der Waals surface area contributed by atoms with Crippen molar-refractivity contribution in [3.05, 3.63) is 49.7 Å². The van der Waals surface area contributed by atoms with E-state index in [0.717, 1.165) is 11.3 Å². The summed E-state index contributed by atoms with van der Waals surface area (Å²) in [6.07, 6.45) is -1.09. The molecule has 0 saturated heterocycles. The van der Waals surface area contributed by atoms with Gasteiger partial charge in [0.25, 0.3) is 11.6 Å². The molecule has 0 spiro atoms. The van der Waals surface area contributed by atoms with Gasteiger partial charge in [0.05, 0.1) is 28.1 Å². The molecule has 0 aliphatic rings. The Bertz CT molecular complexity index is 822. The third-order valence-corrected chi connectivity index (χ3v) is 4.29. The van der Waals surface area contributed by atoms with Gasteiger partial charge in [-0.15, -0.1) is 11.3 Å². The number of benzene rings is 1. The predicted molar refractivity (Wildman–Crippen MR) is 92.5 cm³/mol. The second-order valence-corrected chi connectivity index (χ2v) is 6.50. The number of nitrogens with zero attached hydrogens (tertiary/aromatic N) is 1. The zero-order chi connectivity index (χ0) is 18.6. The monoisotopic (exact) mass is 384 g/mol. The highest BCUT2D eigenvalue weighted by Gasteiger charge is 2.22. The molecule has 132 valence electrons. The topological polar surface area (TPSA) is 108 Å². The van der Waals surface area contributed by atoms with Crippen LogP contribution in [0.1, 0.15) is 16.6 Å². The lowest BCUT2D eigenvalue weighted by atomic mass is 10.2. The lowest BCUT2D eigenvalue weighted by Gasteiger charge is -2.14. The summed E-state index contributed by atoms with van der Waals surface area (Å²) < 4.78 is 10.5. The van der Waals surface area contributed by atoms with Crippen molar-refractivity contribution < 1.29 is 24.0 Å². The number of amides is 1. The molecule has 1 aromatic heterocycles. The van der Waals surface area contributed by atoms with Crippen LogP contribution in [0, 0.1) is 10.1 Å². The Hall–Kier alpha value is -2.65. The van der Waals surface area contributed by atoms with Crippen molar-refractivity contribution >= 4 is 46.2 Å². The highest BCUT2D eigenvalue weighted by atomic mass is 35.5. The van der Waals surface area contributed by atoms with E-state index in [2.05, 4.69) is 5.32 Å². The van der Waals surface area contributed by atoms with E-state index in [1.807, 2.05) is 0 Å². The van der Waals surface area contributed by atoms with Crippen LogP contribution in [0.5, 0.6) is 5.75 Å². The normalized spacial score (nSPS) is 11.5. The van der Waals surface area contributed by atoms with E-state index in [9.17, 15) is 19.7 Å². The number of ether oxygens (including phenoxy) is 2. The first-order chi connectivity index (χ1) is 11.8. The molecule has 1 amide bonds. The maximum Gasteiger partial charge on any atom is 0.349 e. The summed E-state index contributed by atoms with van der Waals surface area (Å²) in [5.41, 5.74) is 0.0454. The number of carbonyl (C=O) groups excluding carboxylic acids is 2. The van der Waals surface area contributed by atoms with Gasteiger partial charge in [0.2, 0.25) is 0 Å². The largest absolute Gasteiger partial charge is 0.494 e. The summed E-state index contributed by atoms with van der Waals surface area (Å²) in [5.74, 6) is -1.16. The number of nitro groups is 1. The lowest BCUT2D eigenvalue weighted by molar-refractivity contribution is -0.384. The van der Waals surface area contributed by atoms with E-state index in [0.29, 0.717) is 4.34 Å². The molecule has 1 heterocycles. The Morgan fingerprint density at radius 1 is 1.32 bits per heavy atom. The highest BCUT2D eigenvalue weighted by molar-refractivity contribution is 7.17. The number of non-ortho nitro benzene ring substituents is 1. The van der Waals surface area contributed by atoms with Crippen molar-refractivity contribution in [1.82, 2.24) is 0 Å². The molecule has 0 aliphatic carbocycles. The fraction of sp³-hybridized carbons (Fsp3) is 0.200. The third-order valence-electron chi connectivity index (χ3n) is 3.08. The molecule has 25 heavy (non-hydrogen) atoms. The van der Waals surface area contributed by atoms with Gasteiger partial charge < -0.3 is 14.8 Å². The lowest BCUT2D eigenvalue weighted by Crippen LogP contribution is -2.29. The fourth-order valence-electron chi connectivity index (χ4n) is 1.83. The second-order valence-electron chi connectivity index (χ2n) is 4.78. The minimum absolute atomic E-state index is 0.117. The standard InChI is InChI=1S/C15H13ClN2O6S/c1-8(24-15(20)12-5-6-13(16)25-12)14(19)17-10-4-3-9(18(21)22)7-11(10)23-2/h3-8H,1-2H3,(H,17,19)/t8-/m1/s1. The Morgan fingerprint density at radius 2 is 2.04 bits per heavy atom. The zero-order valence-corrected chi connectivity index (χ0v) is 14.7. The van der Waals surface area contributed by atoms with Crippen molar-refractivity contribution in [3.8, 4) is 5.75 Å². The Kier molecular flexibility index (Phi) is 5.94. The van der Waals surface area contributed by atoms with Crippen LogP contribution < -0.4 is 10.1 Å². The first-order valence-electron chi connectivity index (χ1n) is 6.91. The fourth-order valence-corrected chi connectivity index (χ4v) is 2.75. The molecule has 0 bridgehead atoms. The van der Waals surface area contributed by atoms with Crippen molar-refractivity contribution in [1.29, 1.82) is 0 Å². The molecular formula is C15H13ClN2O6S. The van der Waals surface area contributed by atoms with Gasteiger partial charge in [0.15, 0.2) is 6.10 Å². The van der Waals surface area contributed by atoms with Gasteiger partial charge in [-0.25, -0.2) is 4.79 Å². The van der Waals surface area contributed by atoms with Crippen LogP contribution in [0.25, 0.3) is 0 Å². The number of hydrogen-bond donors (Lipinski definition) is 1. The molecular weight excluding hydrogens is 372 g/mol. The smallest absolute Gasteiger partial charge is 0.349 e. The number of carbonyl (C=O) groups is 2. The van der Waals surface area contributed by atoms with E-state index < -0.39 is 22.9 Å². The number of nitro benzene ring substituents is 1. The maximum atomic E-state index is 12.2. The van der Waals surface area contributed by atoms with Crippen molar-refractivity contribution in [3.63, 3.8) is 0 Å². The van der Waals surface area contributed by atoms with Gasteiger partial charge in [0.1, 0.15) is 10.6 Å². The number of anilines is 1. The molecule has 2 rings (SSSR count). The van der Waals surface area contributed by atoms with Crippen LogP contribution in [-0.4, -0.2) is 30.0 Å². The Balaban J connectivity index is 2.05. The molecule has 0 unspecified atom stereocenters. The number of thiophene rings is 1. The maximum absolute atomic E-state index is 12.2. The average Bonchev–Trinajstić information content (AvgIpc) is 3.01. The molecule has 0 aliphatic heterocycles. The summed E-state index contributed by atoms with van der Waals surface area (Å²) in [6.45, 7) is 1.40. The summed E-state index contributed by atoms with van der Waals surface area (Å²) in [4.78, 5) is 34.6. The van der Waals surface area contributed by atoms with Gasteiger partial charge in [-0.2, -0.15) is 0 Å². The van der Waals surface area contributed by atoms with Gasteiger partial charge in [0, 0.05) is 6.07 Å². The molecule has 1 aromatic carbocycles. The van der Waals surface area contributed by atoms with Gasteiger partial charge >= 0.3 is 5.97 Å². The van der Waals surface area contributed by atoms with E-state index in [1.54, 1.807) is 6.07 Å². The molecule has 10 heteroatoms. The summed E-state index contributed by atoms with van der Waals surface area (Å²) >= 11 is 6.79. The first kappa shape index (κ1) is 18.7. The van der Waals surface area contributed by atoms with Crippen LogP contribution >= 0.6 is 22.9 Å². The highest BCUT2D eigenvalue weighted by Crippen LogP contribution is 2.29. The second kappa shape index (κ2) is 7.95. The van der Waals surface area contributed by atoms with Crippen LogP contribution in [0.3, 0.4) is 0 Å². The molecule has 2 aromatic rings. The van der Waals surface area contributed by atoms with Crippen molar-refractivity contribution in [2.45, 2.75) is 13.0 Å². The molecule has 0 saturated carbocycles. The molecule has 0 radical (unpaired) electrons.